The molecular weight excluding hydrogens is 328 g/mol. The van der Waals surface area contributed by atoms with Crippen molar-refractivity contribution in [2.45, 2.75) is 6.42 Å². The fourth-order valence-electron chi connectivity index (χ4n) is 2.22. The second-order valence-corrected chi connectivity index (χ2v) is 6.50. The maximum Gasteiger partial charge on any atom is 0.234 e. The van der Waals surface area contributed by atoms with Crippen LogP contribution in [0.2, 0.25) is 5.02 Å². The summed E-state index contributed by atoms with van der Waals surface area (Å²) in [6.45, 7) is 0. The minimum Gasteiger partial charge on any atom is -0.325 e. The van der Waals surface area contributed by atoms with E-state index in [-0.39, 0.29) is 5.91 Å². The first-order valence-corrected chi connectivity index (χ1v) is 8.36. The van der Waals surface area contributed by atoms with Crippen molar-refractivity contribution in [2.75, 3.05) is 11.1 Å². The number of rotatable bonds is 3. The van der Waals surface area contributed by atoms with Crippen LogP contribution < -0.4 is 5.32 Å². The highest BCUT2D eigenvalue weighted by molar-refractivity contribution is 8.14. The standard InChI is InChI=1S/C18H13ClN2OS/c1-2-12-3-6-15(7-4-12)20-17(22)11-23-18-10-13-9-14(19)5-8-16(13)21-18/h1,3-9H,10-11H2,(H,20,22). The summed E-state index contributed by atoms with van der Waals surface area (Å²) in [7, 11) is 0. The van der Waals surface area contributed by atoms with Crippen molar-refractivity contribution in [3.8, 4) is 12.3 Å². The number of anilines is 1. The van der Waals surface area contributed by atoms with Gasteiger partial charge < -0.3 is 5.32 Å². The summed E-state index contributed by atoms with van der Waals surface area (Å²) in [5.74, 6) is 2.79. The number of thioether (sulfide) groups is 1. The zero-order valence-electron chi connectivity index (χ0n) is 12.2. The fraction of sp³-hybridized carbons (Fsp3) is 0.111. The third-order valence-electron chi connectivity index (χ3n) is 3.33. The largest absolute Gasteiger partial charge is 0.325 e. The van der Waals surface area contributed by atoms with Gasteiger partial charge in [0.15, 0.2) is 0 Å². The number of carbonyl (C=O) groups excluding carboxylic acids is 1. The predicted octanol–water partition coefficient (Wildman–Crippen LogP) is 4.28. The summed E-state index contributed by atoms with van der Waals surface area (Å²) < 4.78 is 0. The van der Waals surface area contributed by atoms with E-state index in [1.165, 1.54) is 11.8 Å². The van der Waals surface area contributed by atoms with E-state index in [9.17, 15) is 4.79 Å². The van der Waals surface area contributed by atoms with Crippen molar-refractivity contribution in [1.29, 1.82) is 0 Å². The number of halogens is 1. The number of hydrogen-bond donors (Lipinski definition) is 1. The summed E-state index contributed by atoms with van der Waals surface area (Å²) in [6, 6.07) is 12.8. The van der Waals surface area contributed by atoms with Crippen molar-refractivity contribution < 1.29 is 4.79 Å². The number of terminal acetylenes is 1. The average molecular weight is 341 g/mol. The molecule has 0 aromatic heterocycles. The van der Waals surface area contributed by atoms with Crippen LogP contribution in [0.4, 0.5) is 11.4 Å². The van der Waals surface area contributed by atoms with E-state index >= 15 is 0 Å². The zero-order chi connectivity index (χ0) is 16.2. The molecule has 114 valence electrons. The number of hydrogen-bond acceptors (Lipinski definition) is 3. The minimum atomic E-state index is -0.0693. The molecule has 0 saturated heterocycles. The lowest BCUT2D eigenvalue weighted by Gasteiger charge is -2.05. The van der Waals surface area contributed by atoms with Gasteiger partial charge in [-0.25, -0.2) is 4.99 Å². The van der Waals surface area contributed by atoms with Crippen LogP contribution in [0.15, 0.2) is 47.5 Å². The van der Waals surface area contributed by atoms with Gasteiger partial charge in [-0.05, 0) is 48.0 Å². The van der Waals surface area contributed by atoms with Gasteiger partial charge in [0.2, 0.25) is 5.91 Å². The summed E-state index contributed by atoms with van der Waals surface area (Å²) in [5, 5.41) is 4.48. The van der Waals surface area contributed by atoms with E-state index in [0.29, 0.717) is 10.8 Å². The van der Waals surface area contributed by atoms with E-state index in [4.69, 9.17) is 18.0 Å². The maximum absolute atomic E-state index is 12.0. The van der Waals surface area contributed by atoms with E-state index in [1.54, 1.807) is 24.3 Å². The number of nitrogens with zero attached hydrogens (tertiary/aromatic N) is 1. The van der Waals surface area contributed by atoms with Crippen LogP contribution in [0, 0.1) is 12.3 Å². The van der Waals surface area contributed by atoms with Crippen molar-refractivity contribution in [3.63, 3.8) is 0 Å². The Hall–Kier alpha value is -2.22. The molecule has 3 rings (SSSR count). The molecule has 0 bridgehead atoms. The van der Waals surface area contributed by atoms with Crippen LogP contribution in [0.3, 0.4) is 0 Å². The molecule has 5 heteroatoms. The Bertz CT molecular complexity index is 822. The summed E-state index contributed by atoms with van der Waals surface area (Å²) >= 11 is 7.42. The number of carbonyl (C=O) groups is 1. The Morgan fingerprint density at radius 2 is 2.09 bits per heavy atom. The Morgan fingerprint density at radius 3 is 2.83 bits per heavy atom. The Morgan fingerprint density at radius 1 is 1.30 bits per heavy atom. The molecule has 0 fully saturated rings. The normalized spacial score (nSPS) is 12.3. The Balaban J connectivity index is 1.53. The van der Waals surface area contributed by atoms with Gasteiger partial charge in [-0.2, -0.15) is 0 Å². The lowest BCUT2D eigenvalue weighted by atomic mass is 10.2. The van der Waals surface area contributed by atoms with Gasteiger partial charge in [0.05, 0.1) is 16.5 Å². The second-order valence-electron chi connectivity index (χ2n) is 5.01. The molecule has 1 heterocycles. The highest BCUT2D eigenvalue weighted by Gasteiger charge is 2.16. The molecule has 0 atom stereocenters. The van der Waals surface area contributed by atoms with Crippen molar-refractivity contribution in [1.82, 2.24) is 0 Å². The molecular formula is C18H13ClN2OS. The molecule has 1 aliphatic rings. The monoisotopic (exact) mass is 340 g/mol. The topological polar surface area (TPSA) is 41.5 Å². The first-order chi connectivity index (χ1) is 11.1. The van der Waals surface area contributed by atoms with E-state index in [0.717, 1.165) is 34.0 Å². The molecule has 2 aromatic rings. The molecule has 0 saturated carbocycles. The smallest absolute Gasteiger partial charge is 0.234 e. The molecule has 0 unspecified atom stereocenters. The molecule has 23 heavy (non-hydrogen) atoms. The summed E-state index contributed by atoms with van der Waals surface area (Å²) in [4.78, 5) is 16.5. The molecule has 0 spiro atoms. The van der Waals surface area contributed by atoms with Crippen LogP contribution in [0.1, 0.15) is 11.1 Å². The quantitative estimate of drug-likeness (QED) is 0.847. The Labute approximate surface area is 144 Å². The fourth-order valence-corrected chi connectivity index (χ4v) is 3.21. The predicted molar refractivity (Wildman–Crippen MR) is 97.7 cm³/mol. The van der Waals surface area contributed by atoms with E-state index < -0.39 is 0 Å². The van der Waals surface area contributed by atoms with E-state index in [1.807, 2.05) is 18.2 Å². The van der Waals surface area contributed by atoms with Gasteiger partial charge >= 0.3 is 0 Å². The van der Waals surface area contributed by atoms with Gasteiger partial charge in [-0.15, -0.1) is 18.2 Å². The highest BCUT2D eigenvalue weighted by atomic mass is 35.5. The van der Waals surface area contributed by atoms with Gasteiger partial charge in [0.25, 0.3) is 0 Å². The number of aliphatic imine (C=N–C) groups is 1. The number of nitrogens with one attached hydrogen (secondary N) is 1. The third-order valence-corrected chi connectivity index (χ3v) is 4.54. The lowest BCUT2D eigenvalue weighted by Crippen LogP contribution is -2.15. The summed E-state index contributed by atoms with van der Waals surface area (Å²) in [5.41, 5.74) is 3.56. The van der Waals surface area contributed by atoms with Crippen molar-refractivity contribution in [2.24, 2.45) is 4.99 Å². The molecule has 2 aromatic carbocycles. The van der Waals surface area contributed by atoms with Crippen LogP contribution in [0.5, 0.6) is 0 Å². The molecule has 1 N–H and O–H groups in total. The van der Waals surface area contributed by atoms with Crippen LogP contribution >= 0.6 is 23.4 Å². The molecule has 3 nitrogen and oxygen atoms in total. The van der Waals surface area contributed by atoms with Gasteiger partial charge in [-0.1, -0.05) is 17.5 Å². The molecule has 0 aliphatic carbocycles. The van der Waals surface area contributed by atoms with Crippen molar-refractivity contribution >= 4 is 45.7 Å². The Kier molecular flexibility index (Phi) is 4.71. The minimum absolute atomic E-state index is 0.0693. The van der Waals surface area contributed by atoms with E-state index in [2.05, 4.69) is 16.2 Å². The van der Waals surface area contributed by atoms with Gasteiger partial charge in [0, 0.05) is 22.7 Å². The number of fused-ring (bicyclic) bond motifs is 1. The van der Waals surface area contributed by atoms with Gasteiger partial charge in [-0.3, -0.25) is 4.79 Å². The molecule has 0 radical (unpaired) electrons. The van der Waals surface area contributed by atoms with Crippen molar-refractivity contribution in [3.05, 3.63) is 58.6 Å². The van der Waals surface area contributed by atoms with Crippen LogP contribution in [-0.2, 0) is 11.2 Å². The lowest BCUT2D eigenvalue weighted by molar-refractivity contribution is -0.113. The third kappa shape index (κ3) is 3.95. The maximum atomic E-state index is 12.0. The molecule has 1 amide bonds. The van der Waals surface area contributed by atoms with Gasteiger partial charge in [0.1, 0.15) is 0 Å². The first-order valence-electron chi connectivity index (χ1n) is 6.99. The number of amides is 1. The first kappa shape index (κ1) is 15.7. The number of benzene rings is 2. The zero-order valence-corrected chi connectivity index (χ0v) is 13.7. The SMILES string of the molecule is C#Cc1ccc(NC(=O)CSC2=Nc3ccc(Cl)cc3C2)cc1. The summed E-state index contributed by atoms with van der Waals surface area (Å²) in [6.07, 6.45) is 6.03. The second kappa shape index (κ2) is 6.91. The average Bonchev–Trinajstić information content (AvgIpc) is 2.95. The van der Waals surface area contributed by atoms with Crippen LogP contribution in [-0.4, -0.2) is 16.7 Å². The highest BCUT2D eigenvalue weighted by Crippen LogP contribution is 2.32. The van der Waals surface area contributed by atoms with Crippen LogP contribution in [0.25, 0.3) is 0 Å². The molecule has 1 aliphatic heterocycles.